The molecular weight excluding hydrogens is 729 g/mol. The molecule has 0 unspecified atom stereocenters. The highest BCUT2D eigenvalue weighted by molar-refractivity contribution is 6.21. The molecule has 280 valence electrons. The molecule has 0 atom stereocenters. The first-order valence-corrected chi connectivity index (χ1v) is 20.4. The van der Waals surface area contributed by atoms with Gasteiger partial charge in [0.25, 0.3) is 0 Å². The summed E-state index contributed by atoms with van der Waals surface area (Å²) >= 11 is 0. The maximum Gasteiger partial charge on any atom is 0.145 e. The Morgan fingerprint density at radius 1 is 0.283 bits per heavy atom. The van der Waals surface area contributed by atoms with Crippen molar-refractivity contribution in [3.8, 4) is 56.4 Å². The molecule has 4 heteroatoms. The average Bonchev–Trinajstić information content (AvgIpc) is 3.91. The molecular formula is C56H36N4. The lowest BCUT2D eigenvalue weighted by atomic mass is 9.86. The molecule has 0 aliphatic rings. The first kappa shape index (κ1) is 34.0. The minimum absolute atomic E-state index is 0.906. The van der Waals surface area contributed by atoms with Crippen LogP contribution in [-0.4, -0.2) is 19.1 Å². The van der Waals surface area contributed by atoms with E-state index in [9.17, 15) is 0 Å². The van der Waals surface area contributed by atoms with Crippen molar-refractivity contribution >= 4 is 54.4 Å². The van der Waals surface area contributed by atoms with Crippen molar-refractivity contribution in [3.05, 3.63) is 218 Å². The van der Waals surface area contributed by atoms with Gasteiger partial charge in [0.15, 0.2) is 0 Å². The summed E-state index contributed by atoms with van der Waals surface area (Å²) in [5.41, 5.74) is 13.1. The summed E-state index contributed by atoms with van der Waals surface area (Å²) < 4.78 is 4.70. The van der Waals surface area contributed by atoms with Crippen LogP contribution in [0.15, 0.2) is 218 Å². The molecule has 60 heavy (non-hydrogen) atoms. The Balaban J connectivity index is 1.25. The van der Waals surface area contributed by atoms with Crippen molar-refractivity contribution in [1.82, 2.24) is 19.1 Å². The van der Waals surface area contributed by atoms with Crippen molar-refractivity contribution in [1.29, 1.82) is 0 Å². The second kappa shape index (κ2) is 13.8. The van der Waals surface area contributed by atoms with Gasteiger partial charge in [-0.05, 0) is 86.3 Å². The number of para-hydroxylation sites is 4. The molecule has 0 saturated carbocycles. The largest absolute Gasteiger partial charge is 0.292 e. The summed E-state index contributed by atoms with van der Waals surface area (Å²) in [5.74, 6) is 1.81. The highest BCUT2D eigenvalue weighted by atomic mass is 15.1. The van der Waals surface area contributed by atoms with Gasteiger partial charge in [-0.1, -0.05) is 176 Å². The molecule has 0 radical (unpaired) electrons. The molecule has 2 aromatic heterocycles. The van der Waals surface area contributed by atoms with E-state index < -0.39 is 0 Å². The number of hydrogen-bond acceptors (Lipinski definition) is 2. The topological polar surface area (TPSA) is 35.6 Å². The van der Waals surface area contributed by atoms with E-state index in [-0.39, 0.29) is 0 Å². The molecule has 0 bridgehead atoms. The minimum Gasteiger partial charge on any atom is -0.292 e. The van der Waals surface area contributed by atoms with Crippen LogP contribution in [0.1, 0.15) is 0 Å². The molecule has 0 aliphatic heterocycles. The van der Waals surface area contributed by atoms with Crippen molar-refractivity contribution < 1.29 is 0 Å². The van der Waals surface area contributed by atoms with Crippen molar-refractivity contribution in [2.75, 3.05) is 0 Å². The SMILES string of the molecule is c1ccc(-c2ccc(-c3c4cccc(-n5c(-c6ccccc6)nc6ccccc65)c4cc4c(-n5c(-c6ccccc6)nc6ccccc65)cccc34)c3ccccc23)cc1. The summed E-state index contributed by atoms with van der Waals surface area (Å²) in [6, 6.07) is 78.1. The van der Waals surface area contributed by atoms with Crippen molar-refractivity contribution in [2.24, 2.45) is 0 Å². The smallest absolute Gasteiger partial charge is 0.145 e. The van der Waals surface area contributed by atoms with E-state index in [1.54, 1.807) is 0 Å². The van der Waals surface area contributed by atoms with Crippen LogP contribution < -0.4 is 0 Å². The minimum atomic E-state index is 0.906. The van der Waals surface area contributed by atoms with Gasteiger partial charge in [0.2, 0.25) is 0 Å². The van der Waals surface area contributed by atoms with Crippen LogP contribution in [0.4, 0.5) is 0 Å². The number of fused-ring (bicyclic) bond motifs is 5. The molecule has 0 N–H and O–H groups in total. The molecule has 12 aromatic rings. The maximum atomic E-state index is 5.28. The number of benzene rings is 10. The zero-order chi connectivity index (χ0) is 39.6. The molecule has 2 heterocycles. The number of hydrogen-bond donors (Lipinski definition) is 0. The molecule has 0 fully saturated rings. The molecule has 4 nitrogen and oxygen atoms in total. The van der Waals surface area contributed by atoms with Crippen LogP contribution in [-0.2, 0) is 0 Å². The molecule has 12 rings (SSSR count). The van der Waals surface area contributed by atoms with E-state index in [0.29, 0.717) is 0 Å². The van der Waals surface area contributed by atoms with Gasteiger partial charge < -0.3 is 0 Å². The average molecular weight is 765 g/mol. The third-order valence-electron chi connectivity index (χ3n) is 11.9. The van der Waals surface area contributed by atoms with Gasteiger partial charge in [0.1, 0.15) is 11.6 Å². The van der Waals surface area contributed by atoms with E-state index in [2.05, 4.69) is 228 Å². The highest BCUT2D eigenvalue weighted by Gasteiger charge is 2.23. The van der Waals surface area contributed by atoms with Crippen LogP contribution >= 0.6 is 0 Å². The van der Waals surface area contributed by atoms with Crippen LogP contribution in [0.25, 0.3) is 111 Å². The van der Waals surface area contributed by atoms with Gasteiger partial charge in [-0.2, -0.15) is 0 Å². The standard InChI is InChI=1S/C56H36N4/c1-4-18-37(19-5-1)40-34-35-45(42-25-11-10-24-41(40)42)54-43-26-16-32-50(59-52-30-14-12-28-48(52)57-55(59)38-20-6-2-7-21-38)46(43)36-47-44(54)27-17-33-51(47)60-53-31-15-13-29-49(53)58-56(60)39-22-8-3-9-23-39/h1-36H. The monoisotopic (exact) mass is 764 g/mol. The summed E-state index contributed by atoms with van der Waals surface area (Å²) in [6.45, 7) is 0. The summed E-state index contributed by atoms with van der Waals surface area (Å²) in [4.78, 5) is 10.6. The van der Waals surface area contributed by atoms with Gasteiger partial charge in [-0.25, -0.2) is 9.97 Å². The Hall–Kier alpha value is -8.08. The lowest BCUT2D eigenvalue weighted by Crippen LogP contribution is -2.02. The first-order valence-electron chi connectivity index (χ1n) is 20.4. The van der Waals surface area contributed by atoms with E-state index in [1.807, 2.05) is 0 Å². The second-order valence-electron chi connectivity index (χ2n) is 15.3. The van der Waals surface area contributed by atoms with Gasteiger partial charge >= 0.3 is 0 Å². The fourth-order valence-corrected chi connectivity index (χ4v) is 9.30. The number of imidazole rings is 2. The molecule has 0 amide bonds. The van der Waals surface area contributed by atoms with Crippen LogP contribution in [0.3, 0.4) is 0 Å². The predicted octanol–water partition coefficient (Wildman–Crippen LogP) is 14.5. The van der Waals surface area contributed by atoms with Crippen LogP contribution in [0.2, 0.25) is 0 Å². The predicted molar refractivity (Wildman–Crippen MR) is 250 cm³/mol. The number of aromatic nitrogens is 4. The quantitative estimate of drug-likeness (QED) is 0.158. The Labute approximate surface area is 346 Å². The molecule has 0 spiro atoms. The molecule has 0 aliphatic carbocycles. The molecule has 10 aromatic carbocycles. The Kier molecular flexibility index (Phi) is 7.82. The summed E-state index contributed by atoms with van der Waals surface area (Å²) in [6.07, 6.45) is 0. The molecule has 0 saturated heterocycles. The normalized spacial score (nSPS) is 11.7. The lowest BCUT2D eigenvalue weighted by Gasteiger charge is -2.21. The van der Waals surface area contributed by atoms with Crippen molar-refractivity contribution in [2.45, 2.75) is 0 Å². The van der Waals surface area contributed by atoms with Gasteiger partial charge in [0, 0.05) is 21.9 Å². The summed E-state index contributed by atoms with van der Waals surface area (Å²) in [5, 5.41) is 7.04. The van der Waals surface area contributed by atoms with Crippen LogP contribution in [0.5, 0.6) is 0 Å². The van der Waals surface area contributed by atoms with Crippen molar-refractivity contribution in [3.63, 3.8) is 0 Å². The van der Waals surface area contributed by atoms with Crippen LogP contribution in [0, 0.1) is 0 Å². The number of nitrogens with zero attached hydrogens (tertiary/aromatic N) is 4. The lowest BCUT2D eigenvalue weighted by molar-refractivity contribution is 1.11. The fourth-order valence-electron chi connectivity index (χ4n) is 9.30. The van der Waals surface area contributed by atoms with Gasteiger partial charge in [-0.3, -0.25) is 9.13 Å². The Bertz CT molecular complexity index is 3410. The second-order valence-corrected chi connectivity index (χ2v) is 15.3. The van der Waals surface area contributed by atoms with Gasteiger partial charge in [-0.15, -0.1) is 0 Å². The van der Waals surface area contributed by atoms with Gasteiger partial charge in [0.05, 0.1) is 33.4 Å². The van der Waals surface area contributed by atoms with E-state index in [1.165, 1.54) is 43.8 Å². The Morgan fingerprint density at radius 2 is 0.683 bits per heavy atom. The first-order chi connectivity index (χ1) is 29.8. The third kappa shape index (κ3) is 5.32. The summed E-state index contributed by atoms with van der Waals surface area (Å²) in [7, 11) is 0. The maximum absolute atomic E-state index is 5.28. The highest BCUT2D eigenvalue weighted by Crippen LogP contribution is 2.46. The third-order valence-corrected chi connectivity index (χ3v) is 11.9. The fraction of sp³-hybridized carbons (Fsp3) is 0. The van der Waals surface area contributed by atoms with E-state index in [0.717, 1.165) is 67.0 Å². The zero-order valence-corrected chi connectivity index (χ0v) is 32.6. The van der Waals surface area contributed by atoms with E-state index in [4.69, 9.17) is 9.97 Å². The number of rotatable bonds is 6. The Morgan fingerprint density at radius 3 is 1.20 bits per heavy atom. The zero-order valence-electron chi connectivity index (χ0n) is 32.6. The van der Waals surface area contributed by atoms with E-state index >= 15 is 0 Å².